The number of rotatable bonds is 6. The van der Waals surface area contributed by atoms with Crippen LogP contribution in [0.1, 0.15) is 24.1 Å². The van der Waals surface area contributed by atoms with Crippen LogP contribution in [0.15, 0.2) is 24.5 Å². The maximum Gasteiger partial charge on any atom is 0.146 e. The Labute approximate surface area is 113 Å². The molecule has 5 heteroatoms. The van der Waals surface area contributed by atoms with Crippen molar-refractivity contribution in [3.05, 3.63) is 41.7 Å². The molecule has 0 atom stereocenters. The van der Waals surface area contributed by atoms with Crippen molar-refractivity contribution in [3.8, 4) is 5.75 Å². The molecule has 0 fully saturated rings. The van der Waals surface area contributed by atoms with Gasteiger partial charge in [-0.3, -0.25) is 4.98 Å². The van der Waals surface area contributed by atoms with Crippen LogP contribution < -0.4 is 10.1 Å². The quantitative estimate of drug-likeness (QED) is 0.862. The fourth-order valence-corrected chi connectivity index (χ4v) is 1.93. The average Bonchev–Trinajstić information content (AvgIpc) is 2.85. The van der Waals surface area contributed by atoms with Gasteiger partial charge < -0.3 is 14.6 Å². The zero-order valence-corrected chi connectivity index (χ0v) is 11.7. The summed E-state index contributed by atoms with van der Waals surface area (Å²) < 4.78 is 7.91. The van der Waals surface area contributed by atoms with Gasteiger partial charge in [-0.1, -0.05) is 0 Å². The summed E-state index contributed by atoms with van der Waals surface area (Å²) in [5.41, 5.74) is 1.92. The summed E-state index contributed by atoms with van der Waals surface area (Å²) in [7, 11) is 1.90. The van der Waals surface area contributed by atoms with E-state index in [9.17, 15) is 0 Å². The largest absolute Gasteiger partial charge is 0.484 e. The van der Waals surface area contributed by atoms with Crippen LogP contribution in [-0.4, -0.2) is 21.6 Å². The number of hydrogen-bond acceptors (Lipinski definition) is 4. The molecule has 0 unspecified atom stereocenters. The first-order valence-electron chi connectivity index (χ1n) is 6.48. The van der Waals surface area contributed by atoms with Gasteiger partial charge >= 0.3 is 0 Å². The van der Waals surface area contributed by atoms with E-state index in [0.717, 1.165) is 29.5 Å². The molecule has 2 rings (SSSR count). The maximum atomic E-state index is 5.85. The normalized spacial score (nSPS) is 10.7. The van der Waals surface area contributed by atoms with Crippen LogP contribution in [-0.2, 0) is 19.7 Å². The lowest BCUT2D eigenvalue weighted by atomic mass is 10.3. The highest BCUT2D eigenvalue weighted by atomic mass is 16.5. The molecule has 0 aliphatic heterocycles. The van der Waals surface area contributed by atoms with Gasteiger partial charge in [-0.25, -0.2) is 4.98 Å². The monoisotopic (exact) mass is 260 g/mol. The highest BCUT2D eigenvalue weighted by Crippen LogP contribution is 2.18. The first kappa shape index (κ1) is 13.5. The van der Waals surface area contributed by atoms with Crippen molar-refractivity contribution in [2.45, 2.75) is 33.5 Å². The van der Waals surface area contributed by atoms with E-state index in [4.69, 9.17) is 4.74 Å². The summed E-state index contributed by atoms with van der Waals surface area (Å²) in [5, 5.41) is 3.10. The van der Waals surface area contributed by atoms with Crippen molar-refractivity contribution in [2.75, 3.05) is 7.05 Å². The fraction of sp³-hybridized carbons (Fsp3) is 0.429. The highest BCUT2D eigenvalue weighted by Gasteiger charge is 2.07. The molecule has 2 heterocycles. The number of pyridine rings is 1. The Morgan fingerprint density at radius 1 is 1.37 bits per heavy atom. The summed E-state index contributed by atoms with van der Waals surface area (Å²) >= 11 is 0. The summed E-state index contributed by atoms with van der Waals surface area (Å²) in [5.74, 6) is 1.74. The van der Waals surface area contributed by atoms with Crippen LogP contribution in [0.2, 0.25) is 0 Å². The smallest absolute Gasteiger partial charge is 0.146 e. The van der Waals surface area contributed by atoms with E-state index < -0.39 is 0 Å². The molecule has 0 spiro atoms. The number of ether oxygens (including phenoxy) is 1. The van der Waals surface area contributed by atoms with Gasteiger partial charge in [0.2, 0.25) is 0 Å². The second-order valence-electron chi connectivity index (χ2n) is 4.35. The molecule has 0 radical (unpaired) electrons. The summed E-state index contributed by atoms with van der Waals surface area (Å²) in [6, 6.07) is 3.93. The molecule has 0 saturated carbocycles. The summed E-state index contributed by atoms with van der Waals surface area (Å²) in [6.07, 6.45) is 3.75. The number of nitrogens with zero attached hydrogens (tertiary/aromatic N) is 3. The van der Waals surface area contributed by atoms with Crippen LogP contribution in [0, 0.1) is 6.92 Å². The fourth-order valence-electron chi connectivity index (χ4n) is 1.93. The molecular formula is C14H20N4O. The zero-order chi connectivity index (χ0) is 13.7. The second kappa shape index (κ2) is 6.33. The van der Waals surface area contributed by atoms with Crippen LogP contribution in [0.25, 0.3) is 0 Å². The lowest BCUT2D eigenvalue weighted by Gasteiger charge is -2.11. The van der Waals surface area contributed by atoms with Crippen LogP contribution in [0.5, 0.6) is 5.75 Å². The zero-order valence-electron chi connectivity index (χ0n) is 11.7. The highest BCUT2D eigenvalue weighted by molar-refractivity contribution is 5.29. The Balaban J connectivity index is 2.10. The molecule has 1 N–H and O–H groups in total. The first-order chi connectivity index (χ1) is 9.24. The third-order valence-electron chi connectivity index (χ3n) is 2.92. The number of aryl methyl sites for hydroxylation is 2. The Bertz CT molecular complexity index is 536. The molecule has 0 aromatic carbocycles. The molecule has 0 aliphatic rings. The van der Waals surface area contributed by atoms with Gasteiger partial charge in [0.15, 0.2) is 0 Å². The molecule has 102 valence electrons. The Kier molecular flexibility index (Phi) is 4.52. The van der Waals surface area contributed by atoms with Gasteiger partial charge in [0.05, 0.1) is 5.69 Å². The Morgan fingerprint density at radius 3 is 2.95 bits per heavy atom. The second-order valence-corrected chi connectivity index (χ2v) is 4.35. The molecule has 0 amide bonds. The minimum Gasteiger partial charge on any atom is -0.484 e. The van der Waals surface area contributed by atoms with E-state index in [-0.39, 0.29) is 0 Å². The summed E-state index contributed by atoms with van der Waals surface area (Å²) in [6.45, 7) is 6.12. The molecule has 0 bridgehead atoms. The van der Waals surface area contributed by atoms with Crippen molar-refractivity contribution < 1.29 is 4.74 Å². The molecule has 5 nitrogen and oxygen atoms in total. The third kappa shape index (κ3) is 3.32. The van der Waals surface area contributed by atoms with Crippen LogP contribution >= 0.6 is 0 Å². The molecule has 2 aromatic rings. The van der Waals surface area contributed by atoms with E-state index in [0.29, 0.717) is 13.2 Å². The standard InChI is InChI=1S/C14H20N4O/c1-4-18-8-7-16-14(18)10-19-13-6-5-11(2)17-12(13)9-15-3/h5-8,15H,4,9-10H2,1-3H3. The van der Waals surface area contributed by atoms with Crippen molar-refractivity contribution in [3.63, 3.8) is 0 Å². The van der Waals surface area contributed by atoms with E-state index in [1.807, 2.05) is 32.3 Å². The van der Waals surface area contributed by atoms with Gasteiger partial charge in [0, 0.05) is 31.2 Å². The predicted octanol–water partition coefficient (Wildman–Crippen LogP) is 1.90. The van der Waals surface area contributed by atoms with Crippen LogP contribution in [0.3, 0.4) is 0 Å². The summed E-state index contributed by atoms with van der Waals surface area (Å²) in [4.78, 5) is 8.79. The minimum absolute atomic E-state index is 0.461. The lowest BCUT2D eigenvalue weighted by Crippen LogP contribution is -2.11. The maximum absolute atomic E-state index is 5.85. The van der Waals surface area contributed by atoms with Crippen LogP contribution in [0.4, 0.5) is 0 Å². The van der Waals surface area contributed by atoms with Crippen molar-refractivity contribution in [1.82, 2.24) is 19.9 Å². The van der Waals surface area contributed by atoms with Gasteiger partial charge in [0.25, 0.3) is 0 Å². The molecule has 0 aliphatic carbocycles. The molecule has 0 saturated heterocycles. The third-order valence-corrected chi connectivity index (χ3v) is 2.92. The minimum atomic E-state index is 0.461. The van der Waals surface area contributed by atoms with Gasteiger partial charge in [-0.05, 0) is 33.0 Å². The van der Waals surface area contributed by atoms with Gasteiger partial charge in [-0.2, -0.15) is 0 Å². The van der Waals surface area contributed by atoms with Crippen molar-refractivity contribution in [1.29, 1.82) is 0 Å². The first-order valence-corrected chi connectivity index (χ1v) is 6.48. The predicted molar refractivity (Wildman–Crippen MR) is 74.0 cm³/mol. The van der Waals surface area contributed by atoms with Crippen molar-refractivity contribution in [2.24, 2.45) is 0 Å². The van der Waals surface area contributed by atoms with Gasteiger partial charge in [-0.15, -0.1) is 0 Å². The van der Waals surface area contributed by atoms with Gasteiger partial charge in [0.1, 0.15) is 18.2 Å². The van der Waals surface area contributed by atoms with E-state index in [1.165, 1.54) is 0 Å². The Hall–Kier alpha value is -1.88. The molecule has 19 heavy (non-hydrogen) atoms. The molecular weight excluding hydrogens is 240 g/mol. The number of nitrogens with one attached hydrogen (secondary N) is 1. The number of aromatic nitrogens is 3. The van der Waals surface area contributed by atoms with E-state index >= 15 is 0 Å². The van der Waals surface area contributed by atoms with E-state index in [2.05, 4.69) is 26.8 Å². The van der Waals surface area contributed by atoms with Crippen molar-refractivity contribution >= 4 is 0 Å². The average molecular weight is 260 g/mol. The topological polar surface area (TPSA) is 52.0 Å². The SMILES string of the molecule is CCn1ccnc1COc1ccc(C)nc1CNC. The van der Waals surface area contributed by atoms with E-state index in [1.54, 1.807) is 6.20 Å². The Morgan fingerprint density at radius 2 is 2.21 bits per heavy atom. The lowest BCUT2D eigenvalue weighted by molar-refractivity contribution is 0.284. The number of hydrogen-bond donors (Lipinski definition) is 1. The molecule has 2 aromatic heterocycles. The number of imidazole rings is 1.